The van der Waals surface area contributed by atoms with Gasteiger partial charge in [-0.25, -0.2) is 0 Å². The number of anilines is 1. The van der Waals surface area contributed by atoms with Crippen molar-refractivity contribution >= 4 is 34.6 Å². The zero-order valence-corrected chi connectivity index (χ0v) is 14.0. The van der Waals surface area contributed by atoms with Crippen LogP contribution >= 0.6 is 23.8 Å². The van der Waals surface area contributed by atoms with Crippen molar-refractivity contribution in [2.24, 2.45) is 7.05 Å². The number of aromatic nitrogens is 2. The largest absolute Gasteiger partial charge is 0.346 e. The SMILES string of the molecule is CCc1ccc(NC(=S)N(C)Cc2c(Cl)cnn2C)cc1. The Hall–Kier alpha value is -1.59. The molecule has 0 fully saturated rings. The number of rotatable bonds is 4. The monoisotopic (exact) mass is 322 g/mol. The van der Waals surface area contributed by atoms with Crippen LogP contribution in [0.15, 0.2) is 30.5 Å². The molecule has 4 nitrogen and oxygen atoms in total. The van der Waals surface area contributed by atoms with E-state index in [0.717, 1.165) is 17.8 Å². The minimum atomic E-state index is 0.605. The van der Waals surface area contributed by atoms with Crippen LogP contribution in [0.3, 0.4) is 0 Å². The summed E-state index contributed by atoms with van der Waals surface area (Å²) in [7, 11) is 3.80. The number of benzene rings is 1. The Morgan fingerprint density at radius 1 is 1.38 bits per heavy atom. The van der Waals surface area contributed by atoms with Crippen LogP contribution in [0.2, 0.25) is 5.02 Å². The zero-order chi connectivity index (χ0) is 15.4. The predicted molar refractivity (Wildman–Crippen MR) is 91.7 cm³/mol. The smallest absolute Gasteiger partial charge is 0.173 e. The summed E-state index contributed by atoms with van der Waals surface area (Å²) >= 11 is 11.5. The van der Waals surface area contributed by atoms with Crippen molar-refractivity contribution in [3.63, 3.8) is 0 Å². The molecule has 1 aromatic carbocycles. The summed E-state index contributed by atoms with van der Waals surface area (Å²) in [5.41, 5.74) is 3.23. The van der Waals surface area contributed by atoms with Crippen molar-refractivity contribution in [2.75, 3.05) is 12.4 Å². The number of nitrogens with one attached hydrogen (secondary N) is 1. The molecule has 0 atom stereocenters. The van der Waals surface area contributed by atoms with Gasteiger partial charge in [0.15, 0.2) is 5.11 Å². The number of aryl methyl sites for hydroxylation is 2. The van der Waals surface area contributed by atoms with Crippen molar-refractivity contribution in [1.82, 2.24) is 14.7 Å². The number of halogens is 1. The predicted octanol–water partition coefficient (Wildman–Crippen LogP) is 3.46. The second-order valence-corrected chi connectivity index (χ2v) is 5.69. The van der Waals surface area contributed by atoms with Gasteiger partial charge in [-0.05, 0) is 36.3 Å². The van der Waals surface area contributed by atoms with Crippen LogP contribution in [0.5, 0.6) is 0 Å². The van der Waals surface area contributed by atoms with Crippen molar-refractivity contribution in [1.29, 1.82) is 0 Å². The van der Waals surface area contributed by atoms with Gasteiger partial charge in [-0.15, -0.1) is 0 Å². The van der Waals surface area contributed by atoms with E-state index >= 15 is 0 Å². The summed E-state index contributed by atoms with van der Waals surface area (Å²) in [6.07, 6.45) is 2.67. The lowest BCUT2D eigenvalue weighted by Crippen LogP contribution is -2.31. The molecule has 0 amide bonds. The zero-order valence-electron chi connectivity index (χ0n) is 12.4. The van der Waals surface area contributed by atoms with E-state index in [1.54, 1.807) is 10.9 Å². The van der Waals surface area contributed by atoms with Gasteiger partial charge in [0.25, 0.3) is 0 Å². The lowest BCUT2D eigenvalue weighted by Gasteiger charge is -2.21. The summed E-state index contributed by atoms with van der Waals surface area (Å²) < 4.78 is 1.76. The molecule has 0 aliphatic carbocycles. The second-order valence-electron chi connectivity index (χ2n) is 4.90. The maximum absolute atomic E-state index is 6.11. The molecule has 0 aliphatic rings. The molecule has 0 spiro atoms. The van der Waals surface area contributed by atoms with Crippen LogP contribution in [0, 0.1) is 0 Å². The third-order valence-corrected chi connectivity index (χ3v) is 4.09. The molecule has 0 saturated carbocycles. The molecule has 112 valence electrons. The molecule has 0 saturated heterocycles. The fourth-order valence-electron chi connectivity index (χ4n) is 1.95. The molecule has 2 rings (SSSR count). The Labute approximate surface area is 135 Å². The number of thiocarbonyl (C=S) groups is 1. The van der Waals surface area contributed by atoms with Gasteiger partial charge in [0.1, 0.15) is 0 Å². The normalized spacial score (nSPS) is 10.5. The third-order valence-electron chi connectivity index (χ3n) is 3.36. The summed E-state index contributed by atoms with van der Waals surface area (Å²) in [6, 6.07) is 8.28. The first kappa shape index (κ1) is 15.8. The van der Waals surface area contributed by atoms with Gasteiger partial charge in [-0.1, -0.05) is 30.7 Å². The van der Waals surface area contributed by atoms with Crippen LogP contribution in [0.25, 0.3) is 0 Å². The average Bonchev–Trinajstić information content (AvgIpc) is 2.79. The van der Waals surface area contributed by atoms with E-state index < -0.39 is 0 Å². The highest BCUT2D eigenvalue weighted by Crippen LogP contribution is 2.16. The van der Waals surface area contributed by atoms with Gasteiger partial charge in [0.05, 0.1) is 23.5 Å². The van der Waals surface area contributed by atoms with Gasteiger partial charge in [-0.2, -0.15) is 5.10 Å². The standard InChI is InChI=1S/C15H19ClN4S/c1-4-11-5-7-12(8-6-11)18-15(21)19(2)10-14-13(16)9-17-20(14)3/h5-9H,4,10H2,1-3H3,(H,18,21). The Kier molecular flexibility index (Phi) is 5.20. The topological polar surface area (TPSA) is 33.1 Å². The molecule has 0 bridgehead atoms. The Bertz CT molecular complexity index is 602. The number of hydrogen-bond acceptors (Lipinski definition) is 2. The first-order valence-electron chi connectivity index (χ1n) is 6.78. The molecule has 1 aromatic heterocycles. The molecule has 0 radical (unpaired) electrons. The Morgan fingerprint density at radius 2 is 2.05 bits per heavy atom. The van der Waals surface area contributed by atoms with E-state index in [1.165, 1.54) is 5.56 Å². The van der Waals surface area contributed by atoms with E-state index in [4.69, 9.17) is 23.8 Å². The van der Waals surface area contributed by atoms with E-state index in [1.807, 2.05) is 31.1 Å². The maximum atomic E-state index is 6.11. The minimum absolute atomic E-state index is 0.605. The van der Waals surface area contributed by atoms with Crippen LogP contribution in [0.1, 0.15) is 18.2 Å². The van der Waals surface area contributed by atoms with Crippen molar-refractivity contribution in [3.05, 3.63) is 46.7 Å². The highest BCUT2D eigenvalue weighted by atomic mass is 35.5. The Morgan fingerprint density at radius 3 is 2.57 bits per heavy atom. The Balaban J connectivity index is 1.99. The highest BCUT2D eigenvalue weighted by molar-refractivity contribution is 7.80. The average molecular weight is 323 g/mol. The van der Waals surface area contributed by atoms with Crippen LogP contribution in [-0.4, -0.2) is 26.8 Å². The van der Waals surface area contributed by atoms with Crippen LogP contribution in [0.4, 0.5) is 5.69 Å². The molecule has 0 unspecified atom stereocenters. The summed E-state index contributed by atoms with van der Waals surface area (Å²) in [5.74, 6) is 0. The first-order valence-corrected chi connectivity index (χ1v) is 7.57. The van der Waals surface area contributed by atoms with Gasteiger partial charge < -0.3 is 10.2 Å². The number of hydrogen-bond donors (Lipinski definition) is 1. The molecular formula is C15H19ClN4S. The van der Waals surface area contributed by atoms with E-state index in [0.29, 0.717) is 16.7 Å². The summed E-state index contributed by atoms with van der Waals surface area (Å²) in [5, 5.41) is 8.66. The molecule has 1 heterocycles. The van der Waals surface area contributed by atoms with Gasteiger partial charge >= 0.3 is 0 Å². The lowest BCUT2D eigenvalue weighted by atomic mass is 10.1. The highest BCUT2D eigenvalue weighted by Gasteiger charge is 2.11. The molecule has 2 aromatic rings. The van der Waals surface area contributed by atoms with E-state index in [-0.39, 0.29) is 0 Å². The summed E-state index contributed by atoms with van der Waals surface area (Å²) in [4.78, 5) is 1.94. The summed E-state index contributed by atoms with van der Waals surface area (Å²) in [6.45, 7) is 2.74. The van der Waals surface area contributed by atoms with Crippen LogP contribution < -0.4 is 5.32 Å². The minimum Gasteiger partial charge on any atom is -0.346 e. The van der Waals surface area contributed by atoms with Crippen molar-refractivity contribution < 1.29 is 0 Å². The molecule has 21 heavy (non-hydrogen) atoms. The third kappa shape index (κ3) is 3.95. The van der Waals surface area contributed by atoms with E-state index in [2.05, 4.69) is 29.5 Å². The number of nitrogens with zero attached hydrogens (tertiary/aromatic N) is 3. The lowest BCUT2D eigenvalue weighted by molar-refractivity contribution is 0.482. The van der Waals surface area contributed by atoms with Crippen molar-refractivity contribution in [3.8, 4) is 0 Å². The first-order chi connectivity index (χ1) is 10.0. The quantitative estimate of drug-likeness (QED) is 0.874. The molecule has 0 aliphatic heterocycles. The second kappa shape index (κ2) is 6.91. The molecular weight excluding hydrogens is 304 g/mol. The molecule has 1 N–H and O–H groups in total. The van der Waals surface area contributed by atoms with Gasteiger partial charge in [-0.3, -0.25) is 4.68 Å². The van der Waals surface area contributed by atoms with Crippen molar-refractivity contribution in [2.45, 2.75) is 19.9 Å². The molecule has 6 heteroatoms. The maximum Gasteiger partial charge on any atom is 0.173 e. The fourth-order valence-corrected chi connectivity index (χ4v) is 2.36. The van der Waals surface area contributed by atoms with E-state index in [9.17, 15) is 0 Å². The van der Waals surface area contributed by atoms with Gasteiger partial charge in [0.2, 0.25) is 0 Å². The van der Waals surface area contributed by atoms with Crippen LogP contribution in [-0.2, 0) is 20.0 Å². The van der Waals surface area contributed by atoms with Gasteiger partial charge in [0, 0.05) is 19.8 Å². The fraction of sp³-hybridized carbons (Fsp3) is 0.333.